The van der Waals surface area contributed by atoms with Gasteiger partial charge >= 0.3 is 0 Å². The van der Waals surface area contributed by atoms with Crippen molar-refractivity contribution in [2.24, 2.45) is 5.92 Å². The molecule has 3 aliphatic rings. The summed E-state index contributed by atoms with van der Waals surface area (Å²) in [6.07, 6.45) is 9.63. The summed E-state index contributed by atoms with van der Waals surface area (Å²) in [6, 6.07) is 0. The first-order valence-electron chi connectivity index (χ1n) is 11.0. The average molecular weight is 380 g/mol. The van der Waals surface area contributed by atoms with Crippen LogP contribution in [0.1, 0.15) is 64.7 Å². The minimum absolute atomic E-state index is 0.0541. The van der Waals surface area contributed by atoms with Gasteiger partial charge in [-0.1, -0.05) is 32.6 Å². The molecule has 2 aliphatic heterocycles. The molecule has 1 saturated carbocycles. The van der Waals surface area contributed by atoms with Crippen LogP contribution in [0.5, 0.6) is 0 Å². The molecule has 6 heteroatoms. The second-order valence-corrected chi connectivity index (χ2v) is 8.46. The highest BCUT2D eigenvalue weighted by Crippen LogP contribution is 2.33. The third kappa shape index (κ3) is 5.23. The second-order valence-electron chi connectivity index (χ2n) is 8.46. The first-order chi connectivity index (χ1) is 13.1. The predicted octanol–water partition coefficient (Wildman–Crippen LogP) is 2.18. The van der Waals surface area contributed by atoms with Gasteiger partial charge < -0.3 is 15.0 Å². The molecule has 1 N–H and O–H groups in total. The molecule has 0 bridgehead atoms. The molecule has 154 valence electrons. The number of piperidine rings is 1. The average Bonchev–Trinajstić information content (AvgIpc) is 2.99. The minimum atomic E-state index is 0.0541. The molecule has 3 fully saturated rings. The first-order valence-corrected chi connectivity index (χ1v) is 11.0. The number of nitrogens with zero attached hydrogens (tertiary/aromatic N) is 2. The molecule has 0 radical (unpaired) electrons. The van der Waals surface area contributed by atoms with E-state index in [1.54, 1.807) is 0 Å². The third-order valence-electron chi connectivity index (χ3n) is 6.83. The number of hydrogen-bond donors (Lipinski definition) is 1. The normalized spacial score (nSPS) is 25.0. The Balaban J connectivity index is 1.55. The lowest BCUT2D eigenvalue weighted by Gasteiger charge is -2.46. The Labute approximate surface area is 164 Å². The fourth-order valence-electron chi connectivity index (χ4n) is 5.04. The van der Waals surface area contributed by atoms with Gasteiger partial charge in [-0.05, 0) is 25.7 Å². The molecular weight excluding hydrogens is 342 g/mol. The molecule has 3 rings (SSSR count). The first kappa shape index (κ1) is 20.6. The Bertz CT molecular complexity index is 489. The highest BCUT2D eigenvalue weighted by Gasteiger charge is 2.38. The van der Waals surface area contributed by atoms with E-state index in [0.717, 1.165) is 58.8 Å². The van der Waals surface area contributed by atoms with Crippen molar-refractivity contribution in [2.75, 3.05) is 45.9 Å². The van der Waals surface area contributed by atoms with E-state index in [9.17, 15) is 9.59 Å². The zero-order valence-corrected chi connectivity index (χ0v) is 17.0. The Kier molecular flexibility index (Phi) is 7.53. The van der Waals surface area contributed by atoms with Crippen molar-refractivity contribution in [2.45, 2.75) is 70.3 Å². The van der Waals surface area contributed by atoms with Crippen LogP contribution in [0.15, 0.2) is 0 Å². The summed E-state index contributed by atoms with van der Waals surface area (Å²) in [7, 11) is 0. The number of likely N-dealkylation sites (tertiary alicyclic amines) is 1. The van der Waals surface area contributed by atoms with Crippen LogP contribution in [0.2, 0.25) is 0 Å². The number of ether oxygens (including phenoxy) is 1. The van der Waals surface area contributed by atoms with Gasteiger partial charge in [-0.3, -0.25) is 14.5 Å². The number of morpholine rings is 1. The SMILES string of the molecule is CCC(=O)N1CCC(C(=O)NCC2(N3CCOCC3)CCCCCC2)CC1. The van der Waals surface area contributed by atoms with Gasteiger partial charge in [0, 0.05) is 50.6 Å². The summed E-state index contributed by atoms with van der Waals surface area (Å²) < 4.78 is 5.56. The summed E-state index contributed by atoms with van der Waals surface area (Å²) >= 11 is 0. The molecular formula is C21H37N3O3. The van der Waals surface area contributed by atoms with Crippen LogP contribution in [0, 0.1) is 5.92 Å². The van der Waals surface area contributed by atoms with Crippen LogP contribution in [0.4, 0.5) is 0 Å². The van der Waals surface area contributed by atoms with E-state index in [2.05, 4.69) is 10.2 Å². The van der Waals surface area contributed by atoms with Crippen LogP contribution < -0.4 is 5.32 Å². The summed E-state index contributed by atoms with van der Waals surface area (Å²) in [4.78, 5) is 29.2. The van der Waals surface area contributed by atoms with Crippen molar-refractivity contribution in [3.63, 3.8) is 0 Å². The van der Waals surface area contributed by atoms with Crippen LogP contribution >= 0.6 is 0 Å². The van der Waals surface area contributed by atoms with Crippen molar-refractivity contribution in [1.82, 2.24) is 15.1 Å². The molecule has 2 amide bonds. The fraction of sp³-hybridized carbons (Fsp3) is 0.905. The lowest BCUT2D eigenvalue weighted by atomic mass is 9.86. The molecule has 0 atom stereocenters. The summed E-state index contributed by atoms with van der Waals surface area (Å²) in [5.41, 5.74) is 0.106. The number of hydrogen-bond acceptors (Lipinski definition) is 4. The van der Waals surface area contributed by atoms with Gasteiger partial charge in [-0.25, -0.2) is 0 Å². The van der Waals surface area contributed by atoms with Crippen molar-refractivity contribution < 1.29 is 14.3 Å². The Morgan fingerprint density at radius 1 is 1.00 bits per heavy atom. The standard InChI is InChI=1S/C21H37N3O3/c1-2-19(25)23-11-7-18(8-12-23)20(26)22-17-21(9-5-3-4-6-10-21)24-13-15-27-16-14-24/h18H,2-17H2,1H3,(H,22,26). The molecule has 0 aromatic carbocycles. The number of amides is 2. The van der Waals surface area contributed by atoms with Crippen LogP contribution in [-0.2, 0) is 14.3 Å². The van der Waals surface area contributed by atoms with Crippen LogP contribution in [0.25, 0.3) is 0 Å². The smallest absolute Gasteiger partial charge is 0.223 e. The molecule has 0 aromatic rings. The van der Waals surface area contributed by atoms with Crippen LogP contribution in [-0.4, -0.2) is 73.1 Å². The lowest BCUT2D eigenvalue weighted by molar-refractivity contribution is -0.135. The number of carbonyl (C=O) groups is 2. The molecule has 0 aromatic heterocycles. The molecule has 2 saturated heterocycles. The van der Waals surface area contributed by atoms with E-state index in [4.69, 9.17) is 4.74 Å². The van der Waals surface area contributed by atoms with E-state index in [0.29, 0.717) is 6.42 Å². The zero-order chi connectivity index (χ0) is 19.1. The summed E-state index contributed by atoms with van der Waals surface area (Å²) in [5.74, 6) is 0.451. The van der Waals surface area contributed by atoms with E-state index in [1.165, 1.54) is 38.5 Å². The molecule has 0 unspecified atom stereocenters. The van der Waals surface area contributed by atoms with Crippen molar-refractivity contribution >= 4 is 11.8 Å². The Morgan fingerprint density at radius 3 is 2.22 bits per heavy atom. The topological polar surface area (TPSA) is 61.9 Å². The van der Waals surface area contributed by atoms with Gasteiger partial charge in [0.25, 0.3) is 0 Å². The van der Waals surface area contributed by atoms with Crippen LogP contribution in [0.3, 0.4) is 0 Å². The van der Waals surface area contributed by atoms with Gasteiger partial charge in [-0.2, -0.15) is 0 Å². The van der Waals surface area contributed by atoms with Crippen molar-refractivity contribution in [3.05, 3.63) is 0 Å². The van der Waals surface area contributed by atoms with Gasteiger partial charge in [0.2, 0.25) is 11.8 Å². The maximum Gasteiger partial charge on any atom is 0.223 e. The Morgan fingerprint density at radius 2 is 1.63 bits per heavy atom. The van der Waals surface area contributed by atoms with E-state index >= 15 is 0 Å². The monoisotopic (exact) mass is 379 g/mol. The van der Waals surface area contributed by atoms with Gasteiger partial charge in [-0.15, -0.1) is 0 Å². The lowest BCUT2D eigenvalue weighted by Crippen LogP contribution is -2.59. The van der Waals surface area contributed by atoms with Crippen molar-refractivity contribution in [1.29, 1.82) is 0 Å². The molecule has 0 spiro atoms. The summed E-state index contributed by atoms with van der Waals surface area (Å²) in [5, 5.41) is 3.32. The largest absolute Gasteiger partial charge is 0.379 e. The number of rotatable bonds is 5. The van der Waals surface area contributed by atoms with E-state index in [1.807, 2.05) is 11.8 Å². The Hall–Kier alpha value is -1.14. The molecule has 1 aliphatic carbocycles. The maximum absolute atomic E-state index is 12.8. The third-order valence-corrected chi connectivity index (χ3v) is 6.83. The highest BCUT2D eigenvalue weighted by molar-refractivity contribution is 5.80. The molecule has 27 heavy (non-hydrogen) atoms. The zero-order valence-electron chi connectivity index (χ0n) is 17.0. The maximum atomic E-state index is 12.8. The van der Waals surface area contributed by atoms with Gasteiger partial charge in [0.15, 0.2) is 0 Å². The number of carbonyl (C=O) groups excluding carboxylic acids is 2. The van der Waals surface area contributed by atoms with Gasteiger partial charge in [0.05, 0.1) is 13.2 Å². The van der Waals surface area contributed by atoms with E-state index in [-0.39, 0.29) is 23.3 Å². The summed E-state index contributed by atoms with van der Waals surface area (Å²) in [6.45, 7) is 7.68. The predicted molar refractivity (Wildman–Crippen MR) is 105 cm³/mol. The van der Waals surface area contributed by atoms with E-state index < -0.39 is 0 Å². The molecule has 6 nitrogen and oxygen atoms in total. The van der Waals surface area contributed by atoms with Gasteiger partial charge in [0.1, 0.15) is 0 Å². The quantitative estimate of drug-likeness (QED) is 0.744. The second kappa shape index (κ2) is 9.87. The number of nitrogens with one attached hydrogen (secondary N) is 1. The molecule has 2 heterocycles. The van der Waals surface area contributed by atoms with Crippen molar-refractivity contribution in [3.8, 4) is 0 Å². The minimum Gasteiger partial charge on any atom is -0.379 e. The fourth-order valence-corrected chi connectivity index (χ4v) is 5.04. The highest BCUT2D eigenvalue weighted by atomic mass is 16.5.